The number of carbonyl (C=O) groups is 1. The van der Waals surface area contributed by atoms with Crippen LogP contribution in [0.25, 0.3) is 16.6 Å². The maximum atomic E-state index is 13.7. The Kier molecular flexibility index (Phi) is 5.47. The van der Waals surface area contributed by atoms with Gasteiger partial charge in [0.15, 0.2) is 10.9 Å². The summed E-state index contributed by atoms with van der Waals surface area (Å²) in [5, 5.41) is 1.04. The second-order valence-corrected chi connectivity index (χ2v) is 7.63. The lowest BCUT2D eigenvalue weighted by atomic mass is 10.2. The Balaban J connectivity index is 1.80. The Morgan fingerprint density at radius 2 is 1.76 bits per heavy atom. The van der Waals surface area contributed by atoms with Gasteiger partial charge < -0.3 is 0 Å². The number of nitrogens with zero attached hydrogens (tertiary/aromatic N) is 2. The molecule has 7 heteroatoms. The first-order valence-electron chi connectivity index (χ1n) is 8.72. The van der Waals surface area contributed by atoms with Gasteiger partial charge in [-0.15, -0.1) is 0 Å². The van der Waals surface area contributed by atoms with Crippen LogP contribution in [0.15, 0.2) is 82.7 Å². The average molecular weight is 425 g/mol. The number of hydrogen-bond donors (Lipinski definition) is 0. The van der Waals surface area contributed by atoms with Gasteiger partial charge in [-0.25, -0.2) is 9.37 Å². The van der Waals surface area contributed by atoms with Gasteiger partial charge in [-0.3, -0.25) is 14.2 Å². The van der Waals surface area contributed by atoms with Crippen LogP contribution in [-0.4, -0.2) is 21.1 Å². The summed E-state index contributed by atoms with van der Waals surface area (Å²) >= 11 is 7.12. The number of halogens is 2. The van der Waals surface area contributed by atoms with Crippen molar-refractivity contribution in [2.24, 2.45) is 0 Å². The summed E-state index contributed by atoms with van der Waals surface area (Å²) in [5.74, 6) is -0.484. The van der Waals surface area contributed by atoms with Gasteiger partial charge in [-0.1, -0.05) is 53.7 Å². The van der Waals surface area contributed by atoms with Crippen LogP contribution < -0.4 is 5.56 Å². The molecule has 0 spiro atoms. The molecule has 0 fully saturated rings. The van der Waals surface area contributed by atoms with Gasteiger partial charge in [-0.05, 0) is 42.5 Å². The van der Waals surface area contributed by atoms with Crippen molar-refractivity contribution >= 4 is 40.0 Å². The first-order valence-corrected chi connectivity index (χ1v) is 10.1. The monoisotopic (exact) mass is 424 g/mol. The van der Waals surface area contributed by atoms with Crippen molar-refractivity contribution in [3.8, 4) is 5.69 Å². The second kappa shape index (κ2) is 8.19. The Morgan fingerprint density at radius 3 is 2.48 bits per heavy atom. The lowest BCUT2D eigenvalue weighted by Crippen LogP contribution is -2.22. The number of benzene rings is 3. The molecule has 0 aliphatic carbocycles. The van der Waals surface area contributed by atoms with Crippen LogP contribution in [-0.2, 0) is 0 Å². The molecule has 4 aromatic rings. The van der Waals surface area contributed by atoms with Crippen molar-refractivity contribution in [1.82, 2.24) is 9.55 Å². The summed E-state index contributed by atoms with van der Waals surface area (Å²) in [7, 11) is 0. The average Bonchev–Trinajstić information content (AvgIpc) is 2.74. The van der Waals surface area contributed by atoms with E-state index < -0.39 is 11.4 Å². The third kappa shape index (κ3) is 4.09. The van der Waals surface area contributed by atoms with Gasteiger partial charge in [0.25, 0.3) is 5.56 Å². The Labute approximate surface area is 175 Å². The van der Waals surface area contributed by atoms with Crippen LogP contribution in [0.5, 0.6) is 0 Å². The third-order valence-electron chi connectivity index (χ3n) is 4.31. The Hall–Kier alpha value is -2.96. The van der Waals surface area contributed by atoms with E-state index in [-0.39, 0.29) is 16.9 Å². The molecule has 3 aromatic carbocycles. The maximum Gasteiger partial charge on any atom is 0.266 e. The molecule has 144 valence electrons. The van der Waals surface area contributed by atoms with Crippen molar-refractivity contribution in [2.45, 2.75) is 5.16 Å². The Bertz CT molecular complexity index is 1260. The highest BCUT2D eigenvalue weighted by atomic mass is 35.5. The molecule has 1 aromatic heterocycles. The zero-order chi connectivity index (χ0) is 20.4. The summed E-state index contributed by atoms with van der Waals surface area (Å²) in [6.07, 6.45) is 0. The first-order chi connectivity index (χ1) is 14.0. The molecule has 0 aliphatic heterocycles. The molecular formula is C22H14ClFN2O2S. The van der Waals surface area contributed by atoms with Gasteiger partial charge in [-0.2, -0.15) is 0 Å². The Morgan fingerprint density at radius 1 is 1.03 bits per heavy atom. The highest BCUT2D eigenvalue weighted by Crippen LogP contribution is 2.23. The van der Waals surface area contributed by atoms with E-state index in [1.54, 1.807) is 48.5 Å². The van der Waals surface area contributed by atoms with Crippen molar-refractivity contribution in [1.29, 1.82) is 0 Å². The summed E-state index contributed by atoms with van der Waals surface area (Å²) in [6.45, 7) is 0. The molecule has 4 nitrogen and oxygen atoms in total. The molecule has 0 atom stereocenters. The van der Waals surface area contributed by atoms with Crippen molar-refractivity contribution in [3.05, 3.63) is 99.6 Å². The van der Waals surface area contributed by atoms with E-state index in [1.165, 1.54) is 22.8 Å². The number of ketones is 1. The van der Waals surface area contributed by atoms with E-state index in [9.17, 15) is 14.0 Å². The van der Waals surface area contributed by atoms with E-state index in [1.807, 2.05) is 6.07 Å². The lowest BCUT2D eigenvalue weighted by molar-refractivity contribution is 0.102. The van der Waals surface area contributed by atoms with Crippen LogP contribution >= 0.6 is 23.4 Å². The van der Waals surface area contributed by atoms with Crippen LogP contribution in [0.1, 0.15) is 10.4 Å². The summed E-state index contributed by atoms with van der Waals surface area (Å²) in [6, 6.07) is 19.5. The largest absolute Gasteiger partial charge is 0.293 e. The fraction of sp³-hybridized carbons (Fsp3) is 0.0455. The molecule has 1 heterocycles. The smallest absolute Gasteiger partial charge is 0.266 e. The minimum atomic E-state index is -0.515. The number of fused-ring (bicyclic) bond motifs is 1. The topological polar surface area (TPSA) is 52.0 Å². The molecule has 0 aliphatic rings. The molecule has 0 amide bonds. The molecule has 29 heavy (non-hydrogen) atoms. The van der Waals surface area contributed by atoms with E-state index >= 15 is 0 Å². The zero-order valence-electron chi connectivity index (χ0n) is 15.0. The number of hydrogen-bond acceptors (Lipinski definition) is 4. The third-order valence-corrected chi connectivity index (χ3v) is 5.50. The highest BCUT2D eigenvalue weighted by molar-refractivity contribution is 7.99. The van der Waals surface area contributed by atoms with Crippen LogP contribution in [0.3, 0.4) is 0 Å². The van der Waals surface area contributed by atoms with Gasteiger partial charge in [0.2, 0.25) is 0 Å². The second-order valence-electron chi connectivity index (χ2n) is 6.25. The molecule has 0 unspecified atom stereocenters. The SMILES string of the molecule is O=C(CSc1nc2ccc(F)cc2c(=O)n1-c1ccc(Cl)cc1)c1ccccc1. The quantitative estimate of drug-likeness (QED) is 0.252. The molecule has 0 bridgehead atoms. The van der Waals surface area contributed by atoms with Crippen LogP contribution in [0, 0.1) is 5.82 Å². The van der Waals surface area contributed by atoms with Gasteiger partial charge in [0.05, 0.1) is 22.3 Å². The molecule has 0 saturated carbocycles. The minimum Gasteiger partial charge on any atom is -0.293 e. The summed E-state index contributed by atoms with van der Waals surface area (Å²) in [5.41, 5.74) is 1.08. The van der Waals surface area contributed by atoms with Crippen LogP contribution in [0.2, 0.25) is 5.02 Å². The lowest BCUT2D eigenvalue weighted by Gasteiger charge is -2.13. The zero-order valence-corrected chi connectivity index (χ0v) is 16.6. The van der Waals surface area contributed by atoms with E-state index in [2.05, 4.69) is 4.98 Å². The van der Waals surface area contributed by atoms with Crippen molar-refractivity contribution in [3.63, 3.8) is 0 Å². The van der Waals surface area contributed by atoms with Gasteiger partial charge in [0, 0.05) is 10.6 Å². The molecule has 0 saturated heterocycles. The van der Waals surface area contributed by atoms with Gasteiger partial charge in [0.1, 0.15) is 5.82 Å². The number of aromatic nitrogens is 2. The van der Waals surface area contributed by atoms with E-state index in [4.69, 9.17) is 11.6 Å². The summed E-state index contributed by atoms with van der Waals surface area (Å²) in [4.78, 5) is 30.1. The van der Waals surface area contributed by atoms with Crippen LogP contribution in [0.4, 0.5) is 4.39 Å². The summed E-state index contributed by atoms with van der Waals surface area (Å²) < 4.78 is 15.1. The van der Waals surface area contributed by atoms with E-state index in [0.29, 0.717) is 26.9 Å². The van der Waals surface area contributed by atoms with Crippen molar-refractivity contribution < 1.29 is 9.18 Å². The minimum absolute atomic E-state index is 0.0771. The predicted octanol–water partition coefficient (Wildman–Crippen LogP) is 5.15. The maximum absolute atomic E-state index is 13.7. The number of Topliss-reactive ketones (excluding diaryl/α,β-unsaturated/α-hetero) is 1. The first kappa shape index (κ1) is 19.4. The molecule has 0 N–H and O–H groups in total. The fourth-order valence-corrected chi connectivity index (χ4v) is 3.92. The number of thioether (sulfide) groups is 1. The number of carbonyl (C=O) groups excluding carboxylic acids is 1. The molecular weight excluding hydrogens is 411 g/mol. The standard InChI is InChI=1S/C22H14ClFN2O2S/c23-15-6-9-17(10-7-15)26-21(28)18-12-16(24)8-11-19(18)25-22(26)29-13-20(27)14-4-2-1-3-5-14/h1-12H,13H2. The van der Waals surface area contributed by atoms with E-state index in [0.717, 1.165) is 11.8 Å². The fourth-order valence-electron chi connectivity index (χ4n) is 2.89. The normalized spacial score (nSPS) is 11.0. The van der Waals surface area contributed by atoms with Gasteiger partial charge >= 0.3 is 0 Å². The highest BCUT2D eigenvalue weighted by Gasteiger charge is 2.16. The molecule has 0 radical (unpaired) electrons. The van der Waals surface area contributed by atoms with Crippen molar-refractivity contribution in [2.75, 3.05) is 5.75 Å². The predicted molar refractivity (Wildman–Crippen MR) is 114 cm³/mol. The molecule has 4 rings (SSSR count). The number of rotatable bonds is 5.